The van der Waals surface area contributed by atoms with Crippen LogP contribution in [0.4, 0.5) is 0 Å². The third kappa shape index (κ3) is 3.67. The van der Waals surface area contributed by atoms with E-state index in [0.29, 0.717) is 25.1 Å². The number of rotatable bonds is 3. The summed E-state index contributed by atoms with van der Waals surface area (Å²) in [5.74, 6) is 0.442. The van der Waals surface area contributed by atoms with Crippen LogP contribution in [0.1, 0.15) is 29.3 Å². The van der Waals surface area contributed by atoms with Gasteiger partial charge in [0, 0.05) is 12.1 Å². The van der Waals surface area contributed by atoms with Gasteiger partial charge in [0.05, 0.1) is 17.5 Å². The largest absolute Gasteiger partial charge is 0.292 e. The summed E-state index contributed by atoms with van der Waals surface area (Å²) >= 11 is 0. The van der Waals surface area contributed by atoms with Crippen molar-refractivity contribution in [2.45, 2.75) is 26.3 Å². The summed E-state index contributed by atoms with van der Waals surface area (Å²) in [5.41, 5.74) is 1.81. The molecule has 1 fully saturated rings. The first-order chi connectivity index (χ1) is 9.39. The second-order valence-corrected chi connectivity index (χ2v) is 7.75. The molecule has 1 atom stereocenters. The van der Waals surface area contributed by atoms with Crippen molar-refractivity contribution < 1.29 is 13.2 Å². The summed E-state index contributed by atoms with van der Waals surface area (Å²) < 4.78 is 23.2. The van der Waals surface area contributed by atoms with Crippen LogP contribution in [0.2, 0.25) is 0 Å². The molecule has 2 rings (SSSR count). The van der Waals surface area contributed by atoms with E-state index in [2.05, 4.69) is 0 Å². The molecule has 1 aromatic rings. The molecule has 1 heterocycles. The number of carbonyl (C=O) groups is 1. The van der Waals surface area contributed by atoms with Gasteiger partial charge in [0.25, 0.3) is 0 Å². The van der Waals surface area contributed by atoms with Gasteiger partial charge in [-0.2, -0.15) is 0 Å². The average molecular weight is 295 g/mol. The molecule has 0 bridgehead atoms. The van der Waals surface area contributed by atoms with E-state index in [1.807, 2.05) is 43.0 Å². The van der Waals surface area contributed by atoms with E-state index in [9.17, 15) is 13.2 Å². The minimum absolute atomic E-state index is 0.0595. The minimum Gasteiger partial charge on any atom is -0.292 e. The highest BCUT2D eigenvalue weighted by atomic mass is 32.2. The molecule has 1 saturated heterocycles. The summed E-state index contributed by atoms with van der Waals surface area (Å²) in [5, 5.41) is 0. The lowest BCUT2D eigenvalue weighted by Crippen LogP contribution is -2.40. The predicted molar refractivity (Wildman–Crippen MR) is 79.8 cm³/mol. The Kier molecular flexibility index (Phi) is 4.60. The second kappa shape index (κ2) is 6.06. The summed E-state index contributed by atoms with van der Waals surface area (Å²) in [4.78, 5) is 14.4. The Morgan fingerprint density at radius 1 is 1.15 bits per heavy atom. The highest BCUT2D eigenvalue weighted by Gasteiger charge is 2.26. The van der Waals surface area contributed by atoms with Crippen LogP contribution in [0, 0.1) is 6.92 Å². The number of hydrogen-bond acceptors (Lipinski definition) is 4. The number of hydrogen-bond donors (Lipinski definition) is 0. The SMILES string of the molecule is Cc1ccc(C(=O)C(C)N2CCCS(=O)(=O)CC2)cc1. The first kappa shape index (κ1) is 15.2. The number of benzene rings is 1. The lowest BCUT2D eigenvalue weighted by Gasteiger charge is -2.26. The Morgan fingerprint density at radius 3 is 2.45 bits per heavy atom. The summed E-state index contributed by atoms with van der Waals surface area (Å²) in [6.45, 7) is 4.95. The maximum absolute atomic E-state index is 12.4. The maximum atomic E-state index is 12.4. The molecular weight excluding hydrogens is 274 g/mol. The Bertz CT molecular complexity index is 578. The van der Waals surface area contributed by atoms with Crippen molar-refractivity contribution in [3.8, 4) is 0 Å². The molecule has 20 heavy (non-hydrogen) atoms. The number of carbonyl (C=O) groups excluding carboxylic acids is 1. The van der Waals surface area contributed by atoms with Gasteiger partial charge >= 0.3 is 0 Å². The van der Waals surface area contributed by atoms with Gasteiger partial charge in [0.1, 0.15) is 0 Å². The molecule has 0 N–H and O–H groups in total. The van der Waals surface area contributed by atoms with Gasteiger partial charge in [-0.3, -0.25) is 9.69 Å². The molecule has 1 aromatic carbocycles. The van der Waals surface area contributed by atoms with Gasteiger partial charge in [-0.25, -0.2) is 8.42 Å². The smallest absolute Gasteiger partial charge is 0.179 e. The third-order valence-electron chi connectivity index (χ3n) is 3.85. The van der Waals surface area contributed by atoms with Gasteiger partial charge in [-0.05, 0) is 26.8 Å². The molecular formula is C15H21NO3S. The number of ketones is 1. The second-order valence-electron chi connectivity index (χ2n) is 5.45. The summed E-state index contributed by atoms with van der Waals surface area (Å²) in [6.07, 6.45) is 0.605. The van der Waals surface area contributed by atoms with Crippen LogP contribution in [-0.4, -0.2) is 49.7 Å². The Hall–Kier alpha value is -1.20. The van der Waals surface area contributed by atoms with E-state index < -0.39 is 9.84 Å². The fourth-order valence-corrected chi connectivity index (χ4v) is 3.76. The molecule has 0 amide bonds. The fourth-order valence-electron chi connectivity index (χ4n) is 2.47. The van der Waals surface area contributed by atoms with Crippen molar-refractivity contribution in [1.29, 1.82) is 0 Å². The molecule has 5 heteroatoms. The van der Waals surface area contributed by atoms with Crippen molar-refractivity contribution in [3.63, 3.8) is 0 Å². The van der Waals surface area contributed by atoms with E-state index in [-0.39, 0.29) is 23.3 Å². The highest BCUT2D eigenvalue weighted by Crippen LogP contribution is 2.14. The molecule has 0 aromatic heterocycles. The lowest BCUT2D eigenvalue weighted by atomic mass is 10.0. The van der Waals surface area contributed by atoms with Crippen molar-refractivity contribution in [3.05, 3.63) is 35.4 Å². The van der Waals surface area contributed by atoms with E-state index in [0.717, 1.165) is 5.56 Å². The highest BCUT2D eigenvalue weighted by molar-refractivity contribution is 7.91. The fraction of sp³-hybridized carbons (Fsp3) is 0.533. The zero-order valence-electron chi connectivity index (χ0n) is 12.0. The standard InChI is InChI=1S/C15H21NO3S/c1-12-4-6-14(7-5-12)15(17)13(2)16-8-3-10-20(18,19)11-9-16/h4-7,13H,3,8-11H2,1-2H3. The zero-order valence-corrected chi connectivity index (χ0v) is 12.8. The lowest BCUT2D eigenvalue weighted by molar-refractivity contribution is 0.0848. The van der Waals surface area contributed by atoms with Crippen molar-refractivity contribution >= 4 is 15.6 Å². The summed E-state index contributed by atoms with van der Waals surface area (Å²) in [7, 11) is -2.93. The molecule has 0 aliphatic carbocycles. The molecule has 1 aliphatic heterocycles. The number of aryl methyl sites for hydroxylation is 1. The van der Waals surface area contributed by atoms with Gasteiger partial charge < -0.3 is 0 Å². The minimum atomic E-state index is -2.93. The molecule has 0 radical (unpaired) electrons. The van der Waals surface area contributed by atoms with Crippen LogP contribution in [0.5, 0.6) is 0 Å². The topological polar surface area (TPSA) is 54.5 Å². The van der Waals surface area contributed by atoms with Gasteiger partial charge in [-0.15, -0.1) is 0 Å². The van der Waals surface area contributed by atoms with Crippen LogP contribution in [0.3, 0.4) is 0 Å². The number of nitrogens with zero attached hydrogens (tertiary/aromatic N) is 1. The van der Waals surface area contributed by atoms with Crippen LogP contribution >= 0.6 is 0 Å². The first-order valence-corrected chi connectivity index (χ1v) is 8.76. The van der Waals surface area contributed by atoms with Gasteiger partial charge in [-0.1, -0.05) is 29.8 Å². The average Bonchev–Trinajstić information content (AvgIpc) is 2.59. The molecule has 110 valence electrons. The van der Waals surface area contributed by atoms with Gasteiger partial charge in [0.2, 0.25) is 0 Å². The Morgan fingerprint density at radius 2 is 1.80 bits per heavy atom. The van der Waals surface area contributed by atoms with E-state index >= 15 is 0 Å². The predicted octanol–water partition coefficient (Wildman–Crippen LogP) is 1.69. The van der Waals surface area contributed by atoms with Crippen molar-refractivity contribution in [2.24, 2.45) is 0 Å². The van der Waals surface area contributed by atoms with E-state index in [4.69, 9.17) is 0 Å². The van der Waals surface area contributed by atoms with E-state index in [1.54, 1.807) is 0 Å². The molecule has 0 spiro atoms. The van der Waals surface area contributed by atoms with Crippen LogP contribution in [0.15, 0.2) is 24.3 Å². The van der Waals surface area contributed by atoms with Crippen LogP contribution in [-0.2, 0) is 9.84 Å². The number of sulfone groups is 1. The molecule has 4 nitrogen and oxygen atoms in total. The van der Waals surface area contributed by atoms with Crippen molar-refractivity contribution in [1.82, 2.24) is 4.90 Å². The van der Waals surface area contributed by atoms with Crippen molar-refractivity contribution in [2.75, 3.05) is 24.6 Å². The normalized spacial score (nSPS) is 21.1. The summed E-state index contributed by atoms with van der Waals surface area (Å²) in [6, 6.07) is 7.25. The first-order valence-electron chi connectivity index (χ1n) is 6.94. The van der Waals surface area contributed by atoms with Gasteiger partial charge in [0.15, 0.2) is 15.6 Å². The van der Waals surface area contributed by atoms with Crippen LogP contribution in [0.25, 0.3) is 0 Å². The quantitative estimate of drug-likeness (QED) is 0.796. The Labute approximate surface area is 120 Å². The molecule has 1 unspecified atom stereocenters. The zero-order chi connectivity index (χ0) is 14.8. The maximum Gasteiger partial charge on any atom is 0.179 e. The van der Waals surface area contributed by atoms with Crippen LogP contribution < -0.4 is 0 Å². The molecule has 0 saturated carbocycles. The number of Topliss-reactive ketones (excluding diaryl/α,β-unsaturated/α-hetero) is 1. The monoisotopic (exact) mass is 295 g/mol. The molecule has 1 aliphatic rings. The van der Waals surface area contributed by atoms with E-state index in [1.165, 1.54) is 0 Å². The third-order valence-corrected chi connectivity index (χ3v) is 5.57. The Balaban J connectivity index is 2.08.